The molecule has 2 aromatic rings. The molecular formula is C11H13FN4O4. The van der Waals surface area contributed by atoms with Gasteiger partial charge in [-0.15, -0.1) is 0 Å². The standard InChI is InChI=1S/C11H13FN4O4/c1-11(12)7(18)5(2-17)20-10(11)16-4-15-8-6(9(16)19)13-3-14-8/h3-5,7,10,17-18H,2H2,1H3,(H,13,14). The van der Waals surface area contributed by atoms with Crippen LogP contribution in [0.3, 0.4) is 0 Å². The molecule has 0 radical (unpaired) electrons. The molecule has 4 atom stereocenters. The summed E-state index contributed by atoms with van der Waals surface area (Å²) < 4.78 is 20.8. The van der Waals surface area contributed by atoms with Crippen molar-refractivity contribution in [2.24, 2.45) is 0 Å². The van der Waals surface area contributed by atoms with E-state index >= 15 is 0 Å². The van der Waals surface area contributed by atoms with E-state index in [4.69, 9.17) is 9.84 Å². The van der Waals surface area contributed by atoms with E-state index in [9.17, 15) is 14.3 Å². The zero-order chi connectivity index (χ0) is 14.5. The molecule has 1 fully saturated rings. The maximum Gasteiger partial charge on any atom is 0.281 e. The smallest absolute Gasteiger partial charge is 0.281 e. The Morgan fingerprint density at radius 1 is 1.60 bits per heavy atom. The number of nitrogens with zero attached hydrogens (tertiary/aromatic N) is 3. The van der Waals surface area contributed by atoms with Crippen molar-refractivity contribution >= 4 is 11.2 Å². The number of aromatic amines is 1. The van der Waals surface area contributed by atoms with E-state index in [0.717, 1.165) is 17.8 Å². The first-order valence-electron chi connectivity index (χ1n) is 6.00. The van der Waals surface area contributed by atoms with E-state index < -0.39 is 36.3 Å². The number of nitrogens with one attached hydrogen (secondary N) is 1. The minimum absolute atomic E-state index is 0.119. The molecule has 3 N–H and O–H groups in total. The number of alkyl halides is 1. The maximum absolute atomic E-state index is 14.6. The Balaban J connectivity index is 2.11. The van der Waals surface area contributed by atoms with E-state index in [-0.39, 0.29) is 11.2 Å². The number of hydrogen-bond donors (Lipinski definition) is 3. The summed E-state index contributed by atoms with van der Waals surface area (Å²) in [5, 5.41) is 18.9. The lowest BCUT2D eigenvalue weighted by molar-refractivity contribution is -0.0606. The van der Waals surface area contributed by atoms with Gasteiger partial charge in [-0.3, -0.25) is 9.36 Å². The van der Waals surface area contributed by atoms with Gasteiger partial charge in [0.1, 0.15) is 18.5 Å². The Kier molecular flexibility index (Phi) is 2.85. The number of aromatic nitrogens is 4. The molecule has 1 aliphatic rings. The van der Waals surface area contributed by atoms with Crippen molar-refractivity contribution in [2.75, 3.05) is 6.61 Å². The largest absolute Gasteiger partial charge is 0.394 e. The summed E-state index contributed by atoms with van der Waals surface area (Å²) in [5.41, 5.74) is -2.46. The maximum atomic E-state index is 14.6. The zero-order valence-corrected chi connectivity index (χ0v) is 10.5. The van der Waals surface area contributed by atoms with Crippen molar-refractivity contribution in [2.45, 2.75) is 31.0 Å². The number of rotatable bonds is 2. The molecule has 0 aliphatic carbocycles. The number of aliphatic hydroxyl groups is 2. The highest BCUT2D eigenvalue weighted by Crippen LogP contribution is 2.40. The van der Waals surface area contributed by atoms with Gasteiger partial charge in [-0.1, -0.05) is 0 Å². The van der Waals surface area contributed by atoms with Crippen molar-refractivity contribution in [1.29, 1.82) is 0 Å². The van der Waals surface area contributed by atoms with Gasteiger partial charge < -0.3 is 19.9 Å². The predicted octanol–water partition coefficient (Wildman–Crippen LogP) is -0.902. The molecule has 3 rings (SSSR count). The molecule has 8 nitrogen and oxygen atoms in total. The van der Waals surface area contributed by atoms with Gasteiger partial charge in [0, 0.05) is 0 Å². The minimum Gasteiger partial charge on any atom is -0.394 e. The molecule has 1 aliphatic heterocycles. The highest BCUT2D eigenvalue weighted by Gasteiger charge is 2.55. The van der Waals surface area contributed by atoms with Crippen molar-refractivity contribution in [3.63, 3.8) is 0 Å². The third-order valence-electron chi connectivity index (χ3n) is 3.52. The third-order valence-corrected chi connectivity index (χ3v) is 3.52. The van der Waals surface area contributed by atoms with Gasteiger partial charge in [0.15, 0.2) is 23.1 Å². The second-order valence-electron chi connectivity index (χ2n) is 4.86. The second-order valence-corrected chi connectivity index (χ2v) is 4.86. The molecule has 0 amide bonds. The van der Waals surface area contributed by atoms with Crippen LogP contribution in [-0.2, 0) is 4.74 Å². The van der Waals surface area contributed by atoms with E-state index in [1.54, 1.807) is 0 Å². The van der Waals surface area contributed by atoms with Gasteiger partial charge in [0.25, 0.3) is 5.56 Å². The zero-order valence-electron chi connectivity index (χ0n) is 10.5. The van der Waals surface area contributed by atoms with Crippen molar-refractivity contribution in [1.82, 2.24) is 19.5 Å². The van der Waals surface area contributed by atoms with Crippen LogP contribution in [-0.4, -0.2) is 54.2 Å². The number of halogens is 1. The summed E-state index contributed by atoms with van der Waals surface area (Å²) in [4.78, 5) is 22.6. The van der Waals surface area contributed by atoms with Gasteiger partial charge in [0.2, 0.25) is 0 Å². The van der Waals surface area contributed by atoms with Crippen LogP contribution in [0.1, 0.15) is 13.2 Å². The second kappa shape index (κ2) is 4.33. The summed E-state index contributed by atoms with van der Waals surface area (Å²) in [6.45, 7) is 0.563. The molecule has 2 aromatic heterocycles. The number of H-pyrrole nitrogens is 1. The third kappa shape index (κ3) is 1.67. The fourth-order valence-electron chi connectivity index (χ4n) is 2.37. The molecule has 3 heterocycles. The lowest BCUT2D eigenvalue weighted by atomic mass is 9.98. The summed E-state index contributed by atoms with van der Waals surface area (Å²) in [5.74, 6) is 0. The lowest BCUT2D eigenvalue weighted by Crippen LogP contribution is -2.42. The quantitative estimate of drug-likeness (QED) is 0.658. The van der Waals surface area contributed by atoms with Gasteiger partial charge in [-0.05, 0) is 6.92 Å². The predicted molar refractivity (Wildman–Crippen MR) is 64.7 cm³/mol. The first kappa shape index (κ1) is 13.2. The average molecular weight is 284 g/mol. The van der Waals surface area contributed by atoms with Crippen LogP contribution in [0.4, 0.5) is 4.39 Å². The van der Waals surface area contributed by atoms with E-state index in [2.05, 4.69) is 15.0 Å². The van der Waals surface area contributed by atoms with Gasteiger partial charge in [-0.2, -0.15) is 0 Å². The van der Waals surface area contributed by atoms with Gasteiger partial charge in [0.05, 0.1) is 12.9 Å². The van der Waals surface area contributed by atoms with Crippen LogP contribution < -0.4 is 5.56 Å². The molecule has 9 heteroatoms. The number of ether oxygens (including phenoxy) is 1. The van der Waals surface area contributed by atoms with E-state index in [1.165, 1.54) is 6.33 Å². The van der Waals surface area contributed by atoms with Crippen LogP contribution >= 0.6 is 0 Å². The molecule has 20 heavy (non-hydrogen) atoms. The molecule has 0 bridgehead atoms. The van der Waals surface area contributed by atoms with Crippen molar-refractivity contribution < 1.29 is 19.3 Å². The van der Waals surface area contributed by atoms with Gasteiger partial charge >= 0.3 is 0 Å². The molecule has 0 aromatic carbocycles. The Bertz CT molecular complexity index is 697. The fourth-order valence-corrected chi connectivity index (χ4v) is 2.37. The van der Waals surface area contributed by atoms with Crippen LogP contribution in [0, 0.1) is 0 Å². The summed E-state index contributed by atoms with van der Waals surface area (Å²) >= 11 is 0. The highest BCUT2D eigenvalue weighted by atomic mass is 19.1. The summed E-state index contributed by atoms with van der Waals surface area (Å²) in [7, 11) is 0. The van der Waals surface area contributed by atoms with Gasteiger partial charge in [-0.25, -0.2) is 14.4 Å². The SMILES string of the molecule is CC1(F)C(O)C(CO)OC1n1cnc2nc[nH]c2c1=O. The van der Waals surface area contributed by atoms with Crippen LogP contribution in [0.5, 0.6) is 0 Å². The molecular weight excluding hydrogens is 271 g/mol. The van der Waals surface area contributed by atoms with Crippen LogP contribution in [0.25, 0.3) is 11.2 Å². The molecule has 1 saturated heterocycles. The Hall–Kier alpha value is -1.84. The lowest BCUT2D eigenvalue weighted by Gasteiger charge is -2.24. The fraction of sp³-hybridized carbons (Fsp3) is 0.545. The van der Waals surface area contributed by atoms with E-state index in [0.29, 0.717) is 0 Å². The van der Waals surface area contributed by atoms with E-state index in [1.807, 2.05) is 0 Å². The average Bonchev–Trinajstić information content (AvgIpc) is 2.97. The molecule has 108 valence electrons. The first-order chi connectivity index (χ1) is 9.46. The van der Waals surface area contributed by atoms with Crippen molar-refractivity contribution in [3.8, 4) is 0 Å². The van der Waals surface area contributed by atoms with Crippen LogP contribution in [0.2, 0.25) is 0 Å². The number of imidazole rings is 1. The Morgan fingerprint density at radius 2 is 2.35 bits per heavy atom. The molecule has 0 saturated carbocycles. The Labute approximate surface area is 111 Å². The molecule has 0 spiro atoms. The summed E-state index contributed by atoms with van der Waals surface area (Å²) in [6.07, 6.45) is -1.59. The topological polar surface area (TPSA) is 113 Å². The van der Waals surface area contributed by atoms with Crippen molar-refractivity contribution in [3.05, 3.63) is 23.0 Å². The number of aliphatic hydroxyl groups excluding tert-OH is 2. The highest BCUT2D eigenvalue weighted by molar-refractivity contribution is 5.67. The number of fused-ring (bicyclic) bond motifs is 1. The summed E-state index contributed by atoms with van der Waals surface area (Å²) in [6, 6.07) is 0. The first-order valence-corrected chi connectivity index (χ1v) is 6.00. The monoisotopic (exact) mass is 284 g/mol. The molecule has 4 unspecified atom stereocenters. The van der Waals surface area contributed by atoms with Crippen LogP contribution in [0.15, 0.2) is 17.4 Å². The normalized spacial score (nSPS) is 33.9. The Morgan fingerprint density at radius 3 is 3.00 bits per heavy atom. The number of hydrogen-bond acceptors (Lipinski definition) is 6. The minimum atomic E-state index is -2.23.